The smallest absolute Gasteiger partial charge is 0.269 e. The van der Waals surface area contributed by atoms with E-state index in [9.17, 15) is 10.1 Å². The molecule has 0 fully saturated rings. The number of anilines is 1. The van der Waals surface area contributed by atoms with Gasteiger partial charge in [-0.15, -0.1) is 0 Å². The molecule has 3 aromatic rings. The molecule has 2 aromatic heterocycles. The number of hydrogen-bond donors (Lipinski definition) is 1. The van der Waals surface area contributed by atoms with Gasteiger partial charge in [-0.2, -0.15) is 0 Å². The van der Waals surface area contributed by atoms with Crippen molar-refractivity contribution in [2.75, 3.05) is 11.9 Å². The molecule has 0 saturated carbocycles. The van der Waals surface area contributed by atoms with E-state index in [0.717, 1.165) is 30.0 Å². The number of thiocarbonyl (C=S) groups is 1. The van der Waals surface area contributed by atoms with Crippen molar-refractivity contribution < 1.29 is 4.92 Å². The van der Waals surface area contributed by atoms with Crippen molar-refractivity contribution >= 4 is 28.7 Å². The summed E-state index contributed by atoms with van der Waals surface area (Å²) >= 11 is 5.67. The molecule has 0 spiro atoms. The van der Waals surface area contributed by atoms with Gasteiger partial charge in [-0.3, -0.25) is 15.1 Å². The Morgan fingerprint density at radius 3 is 2.70 bits per heavy atom. The molecule has 0 saturated heterocycles. The fourth-order valence-corrected chi connectivity index (χ4v) is 3.67. The number of benzene rings is 1. The summed E-state index contributed by atoms with van der Waals surface area (Å²) < 4.78 is 2.22. The van der Waals surface area contributed by atoms with Crippen LogP contribution in [0.2, 0.25) is 0 Å². The Morgan fingerprint density at radius 2 is 2.00 bits per heavy atom. The lowest BCUT2D eigenvalue weighted by Crippen LogP contribution is -2.44. The van der Waals surface area contributed by atoms with E-state index in [1.54, 1.807) is 18.3 Å². The maximum atomic E-state index is 10.8. The first-order chi connectivity index (χ1) is 13.1. The third kappa shape index (κ3) is 3.39. The summed E-state index contributed by atoms with van der Waals surface area (Å²) in [4.78, 5) is 16.8. The SMILES string of the molecule is O=[N+]([O-])c1ccc(NC(=S)N2CCn3cccc3[C@@H]2c2cccnc2)cc1. The minimum absolute atomic E-state index is 0.0412. The number of fused-ring (bicyclic) bond motifs is 1. The van der Waals surface area contributed by atoms with Gasteiger partial charge in [0.15, 0.2) is 5.11 Å². The summed E-state index contributed by atoms with van der Waals surface area (Å²) in [6, 6.07) is 14.3. The molecule has 3 heterocycles. The lowest BCUT2D eigenvalue weighted by molar-refractivity contribution is -0.384. The fourth-order valence-electron chi connectivity index (χ4n) is 3.35. The number of nitrogens with one attached hydrogen (secondary N) is 1. The monoisotopic (exact) mass is 379 g/mol. The molecule has 0 unspecified atom stereocenters. The second-order valence-electron chi connectivity index (χ2n) is 6.24. The highest BCUT2D eigenvalue weighted by atomic mass is 32.1. The Balaban J connectivity index is 1.61. The maximum Gasteiger partial charge on any atom is 0.269 e. The van der Waals surface area contributed by atoms with E-state index >= 15 is 0 Å². The van der Waals surface area contributed by atoms with Crippen LogP contribution in [0.15, 0.2) is 67.1 Å². The minimum atomic E-state index is -0.417. The number of pyridine rings is 1. The van der Waals surface area contributed by atoms with Crippen LogP contribution in [0.25, 0.3) is 0 Å². The lowest BCUT2D eigenvalue weighted by atomic mass is 10.0. The zero-order valence-corrected chi connectivity index (χ0v) is 15.2. The summed E-state index contributed by atoms with van der Waals surface area (Å²) in [5.74, 6) is 0. The molecule has 8 heteroatoms. The predicted octanol–water partition coefficient (Wildman–Crippen LogP) is 3.59. The molecular formula is C19H17N5O2S. The summed E-state index contributed by atoms with van der Waals surface area (Å²) in [6.45, 7) is 1.58. The molecule has 1 aliphatic heterocycles. The van der Waals surface area contributed by atoms with Gasteiger partial charge < -0.3 is 14.8 Å². The summed E-state index contributed by atoms with van der Waals surface area (Å²) in [6.07, 6.45) is 5.68. The number of non-ortho nitro benzene ring substituents is 1. The molecule has 0 radical (unpaired) electrons. The highest BCUT2D eigenvalue weighted by Gasteiger charge is 2.30. The molecule has 136 valence electrons. The second kappa shape index (κ2) is 7.16. The second-order valence-corrected chi connectivity index (χ2v) is 6.63. The van der Waals surface area contributed by atoms with Crippen LogP contribution in [0.1, 0.15) is 17.3 Å². The third-order valence-corrected chi connectivity index (χ3v) is 4.97. The Morgan fingerprint density at radius 1 is 1.19 bits per heavy atom. The molecule has 1 N–H and O–H groups in total. The summed E-state index contributed by atoms with van der Waals surface area (Å²) in [5, 5.41) is 14.6. The van der Waals surface area contributed by atoms with Crippen LogP contribution in [0.5, 0.6) is 0 Å². The highest BCUT2D eigenvalue weighted by molar-refractivity contribution is 7.80. The molecular weight excluding hydrogens is 362 g/mol. The van der Waals surface area contributed by atoms with Gasteiger partial charge >= 0.3 is 0 Å². The van der Waals surface area contributed by atoms with Crippen molar-refractivity contribution in [1.29, 1.82) is 0 Å². The number of nitrogens with zero attached hydrogens (tertiary/aromatic N) is 4. The number of nitro groups is 1. The van der Waals surface area contributed by atoms with Gasteiger partial charge in [0.05, 0.1) is 11.0 Å². The van der Waals surface area contributed by atoms with Gasteiger partial charge in [-0.25, -0.2) is 0 Å². The van der Waals surface area contributed by atoms with Crippen molar-refractivity contribution in [3.63, 3.8) is 0 Å². The van der Waals surface area contributed by atoms with Crippen molar-refractivity contribution in [2.24, 2.45) is 0 Å². The normalized spacial score (nSPS) is 15.9. The van der Waals surface area contributed by atoms with Crippen LogP contribution < -0.4 is 5.32 Å². The number of nitro benzene ring substituents is 1. The number of hydrogen-bond acceptors (Lipinski definition) is 4. The zero-order valence-electron chi connectivity index (χ0n) is 14.4. The molecule has 27 heavy (non-hydrogen) atoms. The zero-order chi connectivity index (χ0) is 18.8. The van der Waals surface area contributed by atoms with Gasteiger partial charge in [0, 0.05) is 55.2 Å². The van der Waals surface area contributed by atoms with E-state index in [-0.39, 0.29) is 11.7 Å². The van der Waals surface area contributed by atoms with Crippen LogP contribution in [-0.2, 0) is 6.54 Å². The predicted molar refractivity (Wildman–Crippen MR) is 107 cm³/mol. The standard InChI is InChI=1S/C19H17N5O2S/c25-24(26)16-7-5-15(6-8-16)21-19(27)23-12-11-22-10-2-4-17(22)18(23)14-3-1-9-20-13-14/h1-10,13,18H,11-12H2,(H,21,27)/t18-/m0/s1. The topological polar surface area (TPSA) is 76.2 Å². The van der Waals surface area contributed by atoms with Gasteiger partial charge in [0.1, 0.15) is 0 Å². The van der Waals surface area contributed by atoms with Crippen LogP contribution in [0, 0.1) is 10.1 Å². The average Bonchev–Trinajstić information content (AvgIpc) is 3.17. The highest BCUT2D eigenvalue weighted by Crippen LogP contribution is 2.32. The molecule has 1 aliphatic rings. The molecule has 1 aromatic carbocycles. The molecule has 4 rings (SSSR count). The van der Waals surface area contributed by atoms with E-state index < -0.39 is 4.92 Å². The van der Waals surface area contributed by atoms with Gasteiger partial charge in [0.2, 0.25) is 0 Å². The van der Waals surface area contributed by atoms with Crippen LogP contribution in [-0.4, -0.2) is 31.0 Å². The van der Waals surface area contributed by atoms with Crippen molar-refractivity contribution in [3.8, 4) is 0 Å². The van der Waals surface area contributed by atoms with E-state index in [0.29, 0.717) is 5.11 Å². The maximum absolute atomic E-state index is 10.8. The Kier molecular flexibility index (Phi) is 4.55. The van der Waals surface area contributed by atoms with Crippen molar-refractivity contribution in [3.05, 3.63) is 88.5 Å². The molecule has 7 nitrogen and oxygen atoms in total. The van der Waals surface area contributed by atoms with Gasteiger partial charge in [-0.1, -0.05) is 6.07 Å². The lowest BCUT2D eigenvalue weighted by Gasteiger charge is -2.38. The van der Waals surface area contributed by atoms with E-state index in [1.807, 2.05) is 24.4 Å². The molecule has 1 atom stereocenters. The first kappa shape index (κ1) is 17.2. The van der Waals surface area contributed by atoms with Crippen molar-refractivity contribution in [2.45, 2.75) is 12.6 Å². The number of rotatable bonds is 3. The first-order valence-corrected chi connectivity index (χ1v) is 8.91. The van der Waals surface area contributed by atoms with Crippen molar-refractivity contribution in [1.82, 2.24) is 14.5 Å². The Hall–Kier alpha value is -3.26. The van der Waals surface area contributed by atoms with Crippen LogP contribution >= 0.6 is 12.2 Å². The fraction of sp³-hybridized carbons (Fsp3) is 0.158. The quantitative estimate of drug-likeness (QED) is 0.426. The van der Waals surface area contributed by atoms with Gasteiger partial charge in [0.25, 0.3) is 5.69 Å². The average molecular weight is 379 g/mol. The Labute approximate surface area is 161 Å². The van der Waals surface area contributed by atoms with E-state index in [1.165, 1.54) is 12.1 Å². The first-order valence-electron chi connectivity index (χ1n) is 8.50. The minimum Gasteiger partial charge on any atom is -0.348 e. The largest absolute Gasteiger partial charge is 0.348 e. The Bertz CT molecular complexity index is 971. The summed E-state index contributed by atoms with van der Waals surface area (Å²) in [7, 11) is 0. The summed E-state index contributed by atoms with van der Waals surface area (Å²) in [5.41, 5.74) is 2.99. The molecule has 0 bridgehead atoms. The number of aromatic nitrogens is 2. The molecule has 0 aliphatic carbocycles. The van der Waals surface area contributed by atoms with Crippen LogP contribution in [0.3, 0.4) is 0 Å². The third-order valence-electron chi connectivity index (χ3n) is 4.63. The van der Waals surface area contributed by atoms with Crippen LogP contribution in [0.4, 0.5) is 11.4 Å². The van der Waals surface area contributed by atoms with Gasteiger partial charge in [-0.05, 0) is 48.1 Å². The molecule has 0 amide bonds. The van der Waals surface area contributed by atoms with E-state index in [4.69, 9.17) is 12.2 Å². The van der Waals surface area contributed by atoms with E-state index in [2.05, 4.69) is 32.0 Å².